The van der Waals surface area contributed by atoms with Gasteiger partial charge in [0.1, 0.15) is 6.04 Å². The summed E-state index contributed by atoms with van der Waals surface area (Å²) in [6.07, 6.45) is 2.22. The van der Waals surface area contributed by atoms with Crippen molar-refractivity contribution in [3.05, 3.63) is 58.4 Å². The number of nitrogens with one attached hydrogen (secondary N) is 4. The van der Waals surface area contributed by atoms with Crippen LogP contribution in [0.1, 0.15) is 29.1 Å². The van der Waals surface area contributed by atoms with Gasteiger partial charge in [0.05, 0.1) is 4.88 Å². The van der Waals surface area contributed by atoms with Gasteiger partial charge in [0.2, 0.25) is 11.8 Å². The molecule has 8 heteroatoms. The zero-order valence-corrected chi connectivity index (χ0v) is 17.8. The second kappa shape index (κ2) is 10.1. The van der Waals surface area contributed by atoms with E-state index >= 15 is 0 Å². The average Bonchev–Trinajstić information content (AvgIpc) is 3.41. The lowest BCUT2D eigenvalue weighted by Crippen LogP contribution is -2.49. The van der Waals surface area contributed by atoms with Crippen LogP contribution >= 0.6 is 11.3 Å². The second-order valence-electron chi connectivity index (χ2n) is 7.30. The number of rotatable bonds is 9. The lowest BCUT2D eigenvalue weighted by Gasteiger charge is -2.18. The van der Waals surface area contributed by atoms with E-state index < -0.39 is 6.04 Å². The van der Waals surface area contributed by atoms with Crippen LogP contribution in [0.15, 0.2) is 48.0 Å². The first-order valence-electron chi connectivity index (χ1n) is 9.90. The van der Waals surface area contributed by atoms with Crippen LogP contribution < -0.4 is 16.0 Å². The normalized spacial score (nSPS) is 12.0. The summed E-state index contributed by atoms with van der Waals surface area (Å²) in [7, 11) is 0. The quantitative estimate of drug-likeness (QED) is 0.395. The van der Waals surface area contributed by atoms with Gasteiger partial charge >= 0.3 is 0 Å². The molecule has 0 aliphatic rings. The minimum absolute atomic E-state index is 0.0643. The zero-order valence-electron chi connectivity index (χ0n) is 17.0. The van der Waals surface area contributed by atoms with Crippen molar-refractivity contribution in [2.75, 3.05) is 13.1 Å². The Bertz CT molecular complexity index is 1010. The molecule has 3 rings (SSSR count). The first-order chi connectivity index (χ1) is 14.5. The highest BCUT2D eigenvalue weighted by Gasteiger charge is 2.23. The number of aromatic amines is 1. The first-order valence-corrected chi connectivity index (χ1v) is 10.8. The third-order valence-electron chi connectivity index (χ3n) is 4.71. The van der Waals surface area contributed by atoms with Gasteiger partial charge in [-0.05, 0) is 23.1 Å². The molecule has 0 saturated heterocycles. The molecule has 158 valence electrons. The fourth-order valence-electron chi connectivity index (χ4n) is 3.07. The molecule has 30 heavy (non-hydrogen) atoms. The predicted octanol–water partition coefficient (Wildman–Crippen LogP) is 2.46. The van der Waals surface area contributed by atoms with E-state index in [1.54, 1.807) is 12.1 Å². The van der Waals surface area contributed by atoms with Crippen LogP contribution in [-0.2, 0) is 16.0 Å². The van der Waals surface area contributed by atoms with E-state index in [-0.39, 0.29) is 30.2 Å². The van der Waals surface area contributed by atoms with Crippen LogP contribution in [0.3, 0.4) is 0 Å². The molecule has 0 fully saturated rings. The SMILES string of the molecule is CC(C)C(=O)NCCNC(=O)[C@@H](Cc1c[nH]c2ccccc12)NC(=O)c1cccs1. The van der Waals surface area contributed by atoms with Crippen molar-refractivity contribution in [3.8, 4) is 0 Å². The molecule has 2 heterocycles. The van der Waals surface area contributed by atoms with Gasteiger partial charge in [-0.2, -0.15) is 0 Å². The highest BCUT2D eigenvalue weighted by atomic mass is 32.1. The Morgan fingerprint density at radius 2 is 1.73 bits per heavy atom. The summed E-state index contributed by atoms with van der Waals surface area (Å²) in [5.74, 6) is -0.743. The molecule has 4 N–H and O–H groups in total. The van der Waals surface area contributed by atoms with E-state index in [1.165, 1.54) is 11.3 Å². The molecule has 0 aliphatic heterocycles. The molecule has 2 aromatic heterocycles. The zero-order chi connectivity index (χ0) is 21.5. The number of fused-ring (bicyclic) bond motifs is 1. The molecule has 7 nitrogen and oxygen atoms in total. The van der Waals surface area contributed by atoms with Gasteiger partial charge in [0.25, 0.3) is 5.91 Å². The molecular formula is C22H26N4O3S. The lowest BCUT2D eigenvalue weighted by atomic mass is 10.0. The Morgan fingerprint density at radius 3 is 2.43 bits per heavy atom. The van der Waals surface area contributed by atoms with E-state index in [0.717, 1.165) is 16.5 Å². The number of aromatic nitrogens is 1. The first kappa shape index (κ1) is 21.6. The highest BCUT2D eigenvalue weighted by molar-refractivity contribution is 7.12. The molecule has 3 amide bonds. The van der Waals surface area contributed by atoms with Crippen LogP contribution in [0.5, 0.6) is 0 Å². The Kier molecular flexibility index (Phi) is 7.24. The van der Waals surface area contributed by atoms with Crippen molar-refractivity contribution >= 4 is 40.0 Å². The lowest BCUT2D eigenvalue weighted by molar-refractivity contribution is -0.125. The molecule has 0 aliphatic carbocycles. The molecule has 0 radical (unpaired) electrons. The summed E-state index contributed by atoms with van der Waals surface area (Å²) >= 11 is 1.33. The van der Waals surface area contributed by atoms with Gasteiger partial charge in [-0.25, -0.2) is 0 Å². The fraction of sp³-hybridized carbons (Fsp3) is 0.318. The van der Waals surface area contributed by atoms with Crippen molar-refractivity contribution in [2.24, 2.45) is 5.92 Å². The number of carbonyl (C=O) groups is 3. The van der Waals surface area contributed by atoms with Gasteiger partial charge in [0, 0.05) is 42.5 Å². The number of hydrogen-bond donors (Lipinski definition) is 4. The van der Waals surface area contributed by atoms with E-state index in [0.29, 0.717) is 17.8 Å². The van der Waals surface area contributed by atoms with E-state index in [1.807, 2.05) is 49.7 Å². The average molecular weight is 427 g/mol. The summed E-state index contributed by atoms with van der Waals surface area (Å²) in [6, 6.07) is 10.6. The Hall–Kier alpha value is -3.13. The number of thiophene rings is 1. The van der Waals surface area contributed by atoms with Gasteiger partial charge in [-0.1, -0.05) is 38.1 Å². The van der Waals surface area contributed by atoms with Gasteiger partial charge in [-0.3, -0.25) is 14.4 Å². The van der Waals surface area contributed by atoms with Crippen LogP contribution in [-0.4, -0.2) is 41.8 Å². The highest BCUT2D eigenvalue weighted by Crippen LogP contribution is 2.19. The number of carbonyl (C=O) groups excluding carboxylic acids is 3. The van der Waals surface area contributed by atoms with Crippen molar-refractivity contribution < 1.29 is 14.4 Å². The standard InChI is InChI=1S/C22H26N4O3S/c1-14(2)20(27)23-9-10-24-21(28)18(26-22(29)19-8-5-11-30-19)12-15-13-25-17-7-4-3-6-16(15)17/h3-8,11,13-14,18,25H,9-10,12H2,1-2H3,(H,23,27)(H,24,28)(H,26,29)/t18-/m1/s1. The van der Waals surface area contributed by atoms with Gasteiger partial charge in [0.15, 0.2) is 0 Å². The van der Waals surface area contributed by atoms with Crippen molar-refractivity contribution in [1.82, 2.24) is 20.9 Å². The number of amides is 3. The van der Waals surface area contributed by atoms with Crippen LogP contribution in [0.4, 0.5) is 0 Å². The predicted molar refractivity (Wildman–Crippen MR) is 118 cm³/mol. The number of benzene rings is 1. The van der Waals surface area contributed by atoms with Gasteiger partial charge in [-0.15, -0.1) is 11.3 Å². The minimum Gasteiger partial charge on any atom is -0.361 e. The Balaban J connectivity index is 1.68. The second-order valence-corrected chi connectivity index (χ2v) is 8.25. The molecular weight excluding hydrogens is 400 g/mol. The molecule has 1 atom stereocenters. The maximum absolute atomic E-state index is 12.8. The smallest absolute Gasteiger partial charge is 0.262 e. The van der Waals surface area contributed by atoms with Crippen LogP contribution in [0.25, 0.3) is 10.9 Å². The third-order valence-corrected chi connectivity index (χ3v) is 5.58. The van der Waals surface area contributed by atoms with Crippen molar-refractivity contribution in [2.45, 2.75) is 26.3 Å². The maximum atomic E-state index is 12.8. The van der Waals surface area contributed by atoms with Crippen LogP contribution in [0.2, 0.25) is 0 Å². The monoisotopic (exact) mass is 426 g/mol. The van der Waals surface area contributed by atoms with E-state index in [9.17, 15) is 14.4 Å². The summed E-state index contributed by atoms with van der Waals surface area (Å²) in [6.45, 7) is 4.24. The summed E-state index contributed by atoms with van der Waals surface area (Å²) in [5.41, 5.74) is 1.93. The number of para-hydroxylation sites is 1. The summed E-state index contributed by atoms with van der Waals surface area (Å²) in [4.78, 5) is 40.8. The Morgan fingerprint density at radius 1 is 1.00 bits per heavy atom. The molecule has 0 spiro atoms. The molecule has 0 bridgehead atoms. The number of hydrogen-bond acceptors (Lipinski definition) is 4. The van der Waals surface area contributed by atoms with Crippen LogP contribution in [0, 0.1) is 5.92 Å². The Labute approximate surface area is 179 Å². The molecule has 1 aromatic carbocycles. The molecule has 3 aromatic rings. The summed E-state index contributed by atoms with van der Waals surface area (Å²) in [5, 5.41) is 11.3. The summed E-state index contributed by atoms with van der Waals surface area (Å²) < 4.78 is 0. The topological polar surface area (TPSA) is 103 Å². The minimum atomic E-state index is -0.736. The maximum Gasteiger partial charge on any atom is 0.262 e. The van der Waals surface area contributed by atoms with E-state index in [2.05, 4.69) is 20.9 Å². The molecule has 0 saturated carbocycles. The molecule has 0 unspecified atom stereocenters. The third kappa shape index (κ3) is 5.48. The van der Waals surface area contributed by atoms with Crippen molar-refractivity contribution in [3.63, 3.8) is 0 Å². The van der Waals surface area contributed by atoms with Crippen molar-refractivity contribution in [1.29, 1.82) is 0 Å². The van der Waals surface area contributed by atoms with Gasteiger partial charge < -0.3 is 20.9 Å². The largest absolute Gasteiger partial charge is 0.361 e. The fourth-order valence-corrected chi connectivity index (χ4v) is 3.69. The number of H-pyrrole nitrogens is 1. The van der Waals surface area contributed by atoms with E-state index in [4.69, 9.17) is 0 Å².